The first-order valence-corrected chi connectivity index (χ1v) is 4.59. The van der Waals surface area contributed by atoms with Gasteiger partial charge < -0.3 is 10.6 Å². The highest BCUT2D eigenvalue weighted by atomic mass is 16.1. The van der Waals surface area contributed by atoms with Crippen LogP contribution in [0.1, 0.15) is 12.0 Å². The maximum atomic E-state index is 10.9. The number of carbonyl (C=O) groups is 1. The predicted molar refractivity (Wildman–Crippen MR) is 56.1 cm³/mol. The molecule has 0 aliphatic heterocycles. The lowest BCUT2D eigenvalue weighted by molar-refractivity contribution is -0.120. The van der Waals surface area contributed by atoms with Gasteiger partial charge in [0, 0.05) is 26.2 Å². The van der Waals surface area contributed by atoms with Crippen LogP contribution in [0.2, 0.25) is 0 Å². The molecule has 14 heavy (non-hydrogen) atoms. The van der Waals surface area contributed by atoms with Gasteiger partial charge in [0.15, 0.2) is 0 Å². The first-order valence-electron chi connectivity index (χ1n) is 4.59. The maximum absolute atomic E-state index is 10.9. The van der Waals surface area contributed by atoms with Gasteiger partial charge in [0.2, 0.25) is 5.91 Å². The number of aromatic nitrogens is 1. The number of hydrogen-bond acceptors (Lipinski definition) is 3. The third-order valence-corrected chi connectivity index (χ3v) is 1.85. The van der Waals surface area contributed by atoms with Crippen molar-refractivity contribution >= 4 is 11.7 Å². The van der Waals surface area contributed by atoms with Crippen LogP contribution in [0.25, 0.3) is 0 Å². The molecule has 1 amide bonds. The molecule has 2 N–H and O–H groups in total. The Morgan fingerprint density at radius 2 is 2.36 bits per heavy atom. The van der Waals surface area contributed by atoms with Gasteiger partial charge in [-0.15, -0.1) is 0 Å². The number of rotatable bonds is 4. The SMILES string of the molecule is CNC(=O)CCNc1cc(C)ccn1. The Bertz CT molecular complexity index is 312. The summed E-state index contributed by atoms with van der Waals surface area (Å²) in [7, 11) is 1.63. The van der Waals surface area contributed by atoms with Crippen molar-refractivity contribution in [1.82, 2.24) is 10.3 Å². The number of pyridine rings is 1. The summed E-state index contributed by atoms with van der Waals surface area (Å²) in [6.45, 7) is 2.61. The number of hydrogen-bond donors (Lipinski definition) is 2. The predicted octanol–water partition coefficient (Wildman–Crippen LogP) is 0.938. The zero-order valence-electron chi connectivity index (χ0n) is 8.50. The molecule has 0 aliphatic rings. The third kappa shape index (κ3) is 3.43. The molecule has 0 aliphatic carbocycles. The van der Waals surface area contributed by atoms with Crippen LogP contribution in [-0.4, -0.2) is 24.5 Å². The van der Waals surface area contributed by atoms with Gasteiger partial charge in [0.05, 0.1) is 0 Å². The van der Waals surface area contributed by atoms with E-state index in [9.17, 15) is 4.79 Å². The number of nitrogens with zero attached hydrogens (tertiary/aromatic N) is 1. The van der Waals surface area contributed by atoms with Crippen LogP contribution in [0, 0.1) is 6.92 Å². The lowest BCUT2D eigenvalue weighted by Gasteiger charge is -2.04. The number of carbonyl (C=O) groups excluding carboxylic acids is 1. The number of aryl methyl sites for hydroxylation is 1. The van der Waals surface area contributed by atoms with E-state index >= 15 is 0 Å². The van der Waals surface area contributed by atoms with Gasteiger partial charge in [0.1, 0.15) is 5.82 Å². The molecule has 0 saturated heterocycles. The fourth-order valence-corrected chi connectivity index (χ4v) is 1.06. The van der Waals surface area contributed by atoms with E-state index in [2.05, 4.69) is 15.6 Å². The van der Waals surface area contributed by atoms with E-state index in [0.29, 0.717) is 13.0 Å². The van der Waals surface area contributed by atoms with Gasteiger partial charge in [0.25, 0.3) is 0 Å². The fraction of sp³-hybridized carbons (Fsp3) is 0.400. The molecular formula is C10H15N3O. The van der Waals surface area contributed by atoms with Crippen LogP contribution in [-0.2, 0) is 4.79 Å². The van der Waals surface area contributed by atoms with Gasteiger partial charge in [-0.2, -0.15) is 0 Å². The minimum Gasteiger partial charge on any atom is -0.370 e. The van der Waals surface area contributed by atoms with Crippen LogP contribution in [0.3, 0.4) is 0 Å². The molecule has 0 radical (unpaired) electrons. The highest BCUT2D eigenvalue weighted by Crippen LogP contribution is 2.04. The fourth-order valence-electron chi connectivity index (χ4n) is 1.06. The monoisotopic (exact) mass is 193 g/mol. The van der Waals surface area contributed by atoms with E-state index in [0.717, 1.165) is 11.4 Å². The molecule has 1 aromatic rings. The summed E-state index contributed by atoms with van der Waals surface area (Å²) in [5.74, 6) is 0.846. The van der Waals surface area contributed by atoms with Crippen LogP contribution in [0.5, 0.6) is 0 Å². The zero-order chi connectivity index (χ0) is 10.4. The van der Waals surface area contributed by atoms with Crippen molar-refractivity contribution < 1.29 is 4.79 Å². The molecule has 0 spiro atoms. The first kappa shape index (κ1) is 10.5. The van der Waals surface area contributed by atoms with Gasteiger partial charge in [-0.1, -0.05) is 0 Å². The van der Waals surface area contributed by atoms with Crippen molar-refractivity contribution in [3.63, 3.8) is 0 Å². The average molecular weight is 193 g/mol. The Kier molecular flexibility index (Phi) is 3.91. The lowest BCUT2D eigenvalue weighted by Crippen LogP contribution is -2.20. The standard InChI is InChI=1S/C10H15N3O/c1-8-3-5-12-9(7-8)13-6-4-10(14)11-2/h3,5,7H,4,6H2,1-2H3,(H,11,14)(H,12,13). The maximum Gasteiger partial charge on any atom is 0.221 e. The minimum absolute atomic E-state index is 0.0325. The summed E-state index contributed by atoms with van der Waals surface area (Å²) in [5, 5.41) is 5.64. The number of anilines is 1. The highest BCUT2D eigenvalue weighted by molar-refractivity contribution is 5.76. The summed E-state index contributed by atoms with van der Waals surface area (Å²) < 4.78 is 0. The smallest absolute Gasteiger partial charge is 0.221 e. The van der Waals surface area contributed by atoms with Gasteiger partial charge in [-0.3, -0.25) is 4.79 Å². The Hall–Kier alpha value is -1.58. The molecule has 4 nitrogen and oxygen atoms in total. The Morgan fingerprint density at radius 1 is 1.57 bits per heavy atom. The Balaban J connectivity index is 2.35. The number of amides is 1. The molecule has 0 fully saturated rings. The van der Waals surface area contributed by atoms with Gasteiger partial charge in [-0.25, -0.2) is 4.98 Å². The molecule has 1 rings (SSSR count). The van der Waals surface area contributed by atoms with Crippen molar-refractivity contribution in [2.24, 2.45) is 0 Å². The lowest BCUT2D eigenvalue weighted by atomic mass is 10.3. The average Bonchev–Trinajstić information content (AvgIpc) is 2.17. The van der Waals surface area contributed by atoms with E-state index in [-0.39, 0.29) is 5.91 Å². The molecule has 76 valence electrons. The topological polar surface area (TPSA) is 54.0 Å². The zero-order valence-corrected chi connectivity index (χ0v) is 8.50. The Morgan fingerprint density at radius 3 is 3.00 bits per heavy atom. The molecule has 1 aromatic heterocycles. The molecule has 0 aromatic carbocycles. The van der Waals surface area contributed by atoms with Crippen molar-refractivity contribution in [1.29, 1.82) is 0 Å². The second kappa shape index (κ2) is 5.21. The largest absolute Gasteiger partial charge is 0.370 e. The molecule has 0 bridgehead atoms. The summed E-state index contributed by atoms with van der Waals surface area (Å²) in [5.41, 5.74) is 1.16. The normalized spacial score (nSPS) is 9.57. The number of nitrogens with one attached hydrogen (secondary N) is 2. The van der Waals surface area contributed by atoms with E-state index in [1.807, 2.05) is 19.1 Å². The quantitative estimate of drug-likeness (QED) is 0.748. The van der Waals surface area contributed by atoms with E-state index in [1.54, 1.807) is 13.2 Å². The summed E-state index contributed by atoms with van der Waals surface area (Å²) in [6, 6.07) is 3.88. The molecule has 0 unspecified atom stereocenters. The molecule has 0 atom stereocenters. The first-order chi connectivity index (χ1) is 6.72. The van der Waals surface area contributed by atoms with Crippen LogP contribution in [0.4, 0.5) is 5.82 Å². The molecule has 0 saturated carbocycles. The Labute approximate surface area is 83.7 Å². The summed E-state index contributed by atoms with van der Waals surface area (Å²) >= 11 is 0. The van der Waals surface area contributed by atoms with Gasteiger partial charge in [-0.05, 0) is 24.6 Å². The molecule has 4 heteroatoms. The van der Waals surface area contributed by atoms with E-state index in [4.69, 9.17) is 0 Å². The van der Waals surface area contributed by atoms with Crippen LogP contribution >= 0.6 is 0 Å². The third-order valence-electron chi connectivity index (χ3n) is 1.85. The van der Waals surface area contributed by atoms with Crippen molar-refractivity contribution in [2.75, 3.05) is 18.9 Å². The second-order valence-electron chi connectivity index (χ2n) is 3.07. The summed E-state index contributed by atoms with van der Waals surface area (Å²) in [4.78, 5) is 15.0. The van der Waals surface area contributed by atoms with Crippen LogP contribution in [0.15, 0.2) is 18.3 Å². The summed E-state index contributed by atoms with van der Waals surface area (Å²) in [6.07, 6.45) is 2.21. The molecule has 1 heterocycles. The van der Waals surface area contributed by atoms with Crippen molar-refractivity contribution in [2.45, 2.75) is 13.3 Å². The second-order valence-corrected chi connectivity index (χ2v) is 3.07. The van der Waals surface area contributed by atoms with Crippen molar-refractivity contribution in [3.05, 3.63) is 23.9 Å². The van der Waals surface area contributed by atoms with E-state index < -0.39 is 0 Å². The molecular weight excluding hydrogens is 178 g/mol. The van der Waals surface area contributed by atoms with Crippen molar-refractivity contribution in [3.8, 4) is 0 Å². The van der Waals surface area contributed by atoms with Gasteiger partial charge >= 0.3 is 0 Å². The highest BCUT2D eigenvalue weighted by Gasteiger charge is 1.97. The van der Waals surface area contributed by atoms with Crippen LogP contribution < -0.4 is 10.6 Å². The van der Waals surface area contributed by atoms with E-state index in [1.165, 1.54) is 0 Å². The minimum atomic E-state index is 0.0325.